The Bertz CT molecular complexity index is 1250. The third-order valence-corrected chi connectivity index (χ3v) is 5.05. The maximum atomic E-state index is 12.8. The molecule has 0 fully saturated rings. The fraction of sp³-hybridized carbons (Fsp3) is 0.261. The van der Waals surface area contributed by atoms with Crippen LogP contribution in [0.15, 0.2) is 76.1 Å². The number of hydrogen-bond donors (Lipinski definition) is 1. The van der Waals surface area contributed by atoms with Crippen molar-refractivity contribution in [3.05, 3.63) is 98.7 Å². The van der Waals surface area contributed by atoms with Crippen LogP contribution in [-0.4, -0.2) is 27.9 Å². The average Bonchev–Trinajstić information content (AvgIpc) is 2.77. The molecule has 1 unspecified atom stereocenters. The zero-order chi connectivity index (χ0) is 22.5. The lowest BCUT2D eigenvalue weighted by Gasteiger charge is -2.17. The molecule has 1 heterocycles. The third-order valence-electron chi connectivity index (χ3n) is 5.05. The highest BCUT2D eigenvalue weighted by Gasteiger charge is 2.17. The number of fused-ring (bicyclic) bond motifs is 1. The van der Waals surface area contributed by atoms with Gasteiger partial charge in [-0.3, -0.25) is 0 Å². The molecule has 1 atom stereocenters. The van der Waals surface area contributed by atoms with Gasteiger partial charge in [-0.15, -0.1) is 13.2 Å². The van der Waals surface area contributed by atoms with E-state index < -0.39 is 17.1 Å². The normalized spacial score (nSPS) is 11.9. The minimum atomic E-state index is -0.659. The van der Waals surface area contributed by atoms with E-state index in [9.17, 15) is 14.4 Å². The van der Waals surface area contributed by atoms with Crippen molar-refractivity contribution in [3.63, 3.8) is 0 Å². The van der Waals surface area contributed by atoms with Crippen LogP contribution < -0.4 is 26.7 Å². The van der Waals surface area contributed by atoms with E-state index in [1.54, 1.807) is 7.11 Å². The molecule has 0 aliphatic rings. The summed E-state index contributed by atoms with van der Waals surface area (Å²) < 4.78 is 8.37. The first-order valence-corrected chi connectivity index (χ1v) is 9.93. The Morgan fingerprint density at radius 3 is 2.00 bits per heavy atom. The van der Waals surface area contributed by atoms with Crippen molar-refractivity contribution in [2.45, 2.75) is 26.3 Å². The molecule has 0 saturated heterocycles. The van der Waals surface area contributed by atoms with Gasteiger partial charge in [0.2, 0.25) is 0 Å². The summed E-state index contributed by atoms with van der Waals surface area (Å²) in [6, 6.07) is 12.0. The fourth-order valence-electron chi connectivity index (χ4n) is 3.57. The first-order chi connectivity index (χ1) is 14.9. The van der Waals surface area contributed by atoms with Crippen molar-refractivity contribution in [3.8, 4) is 5.75 Å². The molecule has 0 radical (unpaired) electrons. The maximum Gasteiger partial charge on any atom is 0.341 e. The van der Waals surface area contributed by atoms with Crippen LogP contribution in [0.5, 0.6) is 5.75 Å². The largest absolute Gasteiger partial charge is 0.497 e. The van der Waals surface area contributed by atoms with Crippen LogP contribution in [0.2, 0.25) is 0 Å². The van der Waals surface area contributed by atoms with Crippen LogP contribution in [0, 0.1) is 0 Å². The molecule has 1 N–H and O–H groups in total. The number of hydrogen-bond acceptors (Lipinski definition) is 4. The number of nitrogens with one attached hydrogen (secondary N) is 1. The van der Waals surface area contributed by atoms with E-state index in [1.807, 2.05) is 37.4 Å². The second-order valence-electron chi connectivity index (χ2n) is 7.41. The van der Waals surface area contributed by atoms with E-state index in [0.29, 0.717) is 6.54 Å². The van der Waals surface area contributed by atoms with Gasteiger partial charge in [-0.1, -0.05) is 30.4 Å². The number of aromatic nitrogens is 3. The molecule has 3 aromatic rings. The highest BCUT2D eigenvalue weighted by Crippen LogP contribution is 2.21. The van der Waals surface area contributed by atoms with E-state index in [4.69, 9.17) is 4.74 Å². The maximum absolute atomic E-state index is 12.8. The SMILES string of the molecule is C=CCn1c(=O)n(CC=C)c(=O)n(C[NH+](C)Cc2ccc3cc(OC)ccc3c2)c1=O. The minimum absolute atomic E-state index is 0.0300. The van der Waals surface area contributed by atoms with Crippen LogP contribution >= 0.6 is 0 Å². The Morgan fingerprint density at radius 1 is 0.871 bits per heavy atom. The van der Waals surface area contributed by atoms with Crippen LogP contribution in [0.4, 0.5) is 0 Å². The number of benzene rings is 2. The van der Waals surface area contributed by atoms with Gasteiger partial charge < -0.3 is 9.64 Å². The Balaban J connectivity index is 1.91. The lowest BCUT2D eigenvalue weighted by Crippen LogP contribution is -3.07. The topological polar surface area (TPSA) is 79.7 Å². The highest BCUT2D eigenvalue weighted by atomic mass is 16.5. The van der Waals surface area contributed by atoms with E-state index in [0.717, 1.165) is 40.7 Å². The number of methoxy groups -OCH3 is 1. The van der Waals surface area contributed by atoms with E-state index in [1.165, 1.54) is 12.2 Å². The van der Waals surface area contributed by atoms with Gasteiger partial charge in [0.25, 0.3) is 0 Å². The van der Waals surface area contributed by atoms with Crippen LogP contribution in [-0.2, 0) is 26.3 Å². The molecular weight excluding hydrogens is 396 g/mol. The summed E-state index contributed by atoms with van der Waals surface area (Å²) in [5.74, 6) is 0.799. The van der Waals surface area contributed by atoms with Crippen molar-refractivity contribution in [1.29, 1.82) is 0 Å². The van der Waals surface area contributed by atoms with E-state index in [-0.39, 0.29) is 19.8 Å². The molecule has 2 aromatic carbocycles. The number of allylic oxidation sites excluding steroid dienone is 2. The summed E-state index contributed by atoms with van der Waals surface area (Å²) in [6.07, 6.45) is 2.91. The molecule has 3 rings (SSSR count). The second-order valence-corrected chi connectivity index (χ2v) is 7.41. The predicted molar refractivity (Wildman–Crippen MR) is 121 cm³/mol. The van der Waals surface area contributed by atoms with Gasteiger partial charge >= 0.3 is 17.1 Å². The smallest absolute Gasteiger partial charge is 0.341 e. The Morgan fingerprint density at radius 2 is 1.42 bits per heavy atom. The molecule has 8 nitrogen and oxygen atoms in total. The van der Waals surface area contributed by atoms with E-state index >= 15 is 0 Å². The summed E-state index contributed by atoms with van der Waals surface area (Å²) in [5.41, 5.74) is -0.872. The highest BCUT2D eigenvalue weighted by molar-refractivity contribution is 5.84. The summed E-state index contributed by atoms with van der Waals surface area (Å²) in [7, 11) is 3.53. The van der Waals surface area contributed by atoms with Gasteiger partial charge in [0, 0.05) is 5.56 Å². The summed E-state index contributed by atoms with van der Waals surface area (Å²) in [4.78, 5) is 39.0. The second kappa shape index (κ2) is 9.44. The zero-order valence-electron chi connectivity index (χ0n) is 17.8. The van der Waals surface area contributed by atoms with Crippen LogP contribution in [0.3, 0.4) is 0 Å². The Labute approximate surface area is 179 Å². The summed E-state index contributed by atoms with van der Waals surface area (Å²) >= 11 is 0. The summed E-state index contributed by atoms with van der Waals surface area (Å²) in [6.45, 7) is 7.95. The third kappa shape index (κ3) is 4.59. The molecule has 8 heteroatoms. The molecule has 1 aromatic heterocycles. The number of quaternary nitrogens is 1. The number of ether oxygens (including phenoxy) is 1. The number of nitrogens with zero attached hydrogens (tertiary/aromatic N) is 3. The van der Waals surface area contributed by atoms with Crippen molar-refractivity contribution in [2.75, 3.05) is 14.2 Å². The Hall–Kier alpha value is -3.65. The first-order valence-electron chi connectivity index (χ1n) is 9.93. The molecule has 0 aliphatic heterocycles. The zero-order valence-corrected chi connectivity index (χ0v) is 17.8. The monoisotopic (exact) mass is 423 g/mol. The predicted octanol–water partition coefficient (Wildman–Crippen LogP) is 0.378. The van der Waals surface area contributed by atoms with Gasteiger partial charge in [0.05, 0.1) is 27.2 Å². The minimum Gasteiger partial charge on any atom is -0.497 e. The molecule has 162 valence electrons. The average molecular weight is 423 g/mol. The van der Waals surface area contributed by atoms with Crippen LogP contribution in [0.1, 0.15) is 5.56 Å². The van der Waals surface area contributed by atoms with Crippen molar-refractivity contribution >= 4 is 10.8 Å². The van der Waals surface area contributed by atoms with Gasteiger partial charge in [-0.25, -0.2) is 23.5 Å². The molecule has 0 aliphatic carbocycles. The molecule has 0 amide bonds. The van der Waals surface area contributed by atoms with Gasteiger partial charge in [-0.2, -0.15) is 4.57 Å². The Kier molecular flexibility index (Phi) is 6.71. The summed E-state index contributed by atoms with van der Waals surface area (Å²) in [5, 5.41) is 2.15. The first kappa shape index (κ1) is 22.0. The molecule has 0 bridgehead atoms. The van der Waals surface area contributed by atoms with Crippen molar-refractivity contribution in [1.82, 2.24) is 13.7 Å². The van der Waals surface area contributed by atoms with Gasteiger partial charge in [-0.05, 0) is 29.0 Å². The molecule has 0 saturated carbocycles. The standard InChI is InChI=1S/C23H26N4O4/c1-5-11-25-21(28)26(12-6-2)23(30)27(22(25)29)16-24(3)15-17-7-8-19-14-20(31-4)10-9-18(19)13-17/h5-10,13-14H,1-2,11-12,15-16H2,3-4H3/p+1. The quantitative estimate of drug-likeness (QED) is 0.505. The fourth-order valence-corrected chi connectivity index (χ4v) is 3.57. The van der Waals surface area contributed by atoms with Crippen molar-refractivity contribution < 1.29 is 9.64 Å². The number of rotatable bonds is 9. The molecular formula is C23H27N4O4+. The lowest BCUT2D eigenvalue weighted by atomic mass is 10.1. The van der Waals surface area contributed by atoms with Gasteiger partial charge in [0.15, 0.2) is 6.67 Å². The molecule has 0 spiro atoms. The van der Waals surface area contributed by atoms with Crippen LogP contribution in [0.25, 0.3) is 10.8 Å². The van der Waals surface area contributed by atoms with Crippen molar-refractivity contribution in [2.24, 2.45) is 0 Å². The van der Waals surface area contributed by atoms with Gasteiger partial charge in [0.1, 0.15) is 12.3 Å². The molecule has 31 heavy (non-hydrogen) atoms. The lowest BCUT2D eigenvalue weighted by molar-refractivity contribution is -0.917. The van der Waals surface area contributed by atoms with E-state index in [2.05, 4.69) is 19.2 Å².